The molecule has 3 aromatic rings. The molecule has 0 radical (unpaired) electrons. The van der Waals surface area contributed by atoms with Gasteiger partial charge in [0.05, 0.1) is 5.69 Å². The Morgan fingerprint density at radius 3 is 2.67 bits per heavy atom. The van der Waals surface area contributed by atoms with Gasteiger partial charge in [0.25, 0.3) is 5.89 Å². The number of pyridine rings is 1. The van der Waals surface area contributed by atoms with Crippen LogP contribution in [-0.2, 0) is 4.74 Å². The van der Waals surface area contributed by atoms with Gasteiger partial charge in [-0.15, -0.1) is 0 Å². The van der Waals surface area contributed by atoms with E-state index in [0.29, 0.717) is 17.2 Å². The van der Waals surface area contributed by atoms with Crippen LogP contribution in [0, 0.1) is 0 Å². The number of nitrogens with zero attached hydrogens (tertiary/aromatic N) is 3. The first-order valence-electron chi connectivity index (χ1n) is 6.42. The SMILES string of the molecule is COC(c1ccccc1)c1noc(-c2ncccc2N)n1. The topological polar surface area (TPSA) is 87.1 Å². The van der Waals surface area contributed by atoms with Gasteiger partial charge in [-0.05, 0) is 17.7 Å². The highest BCUT2D eigenvalue weighted by Crippen LogP contribution is 2.26. The summed E-state index contributed by atoms with van der Waals surface area (Å²) in [6.07, 6.45) is 1.23. The van der Waals surface area contributed by atoms with Gasteiger partial charge in [-0.25, -0.2) is 4.98 Å². The van der Waals surface area contributed by atoms with Crippen LogP contribution in [0.15, 0.2) is 53.2 Å². The van der Waals surface area contributed by atoms with Crippen LogP contribution in [-0.4, -0.2) is 22.2 Å². The van der Waals surface area contributed by atoms with Gasteiger partial charge in [0.2, 0.25) is 5.82 Å². The lowest BCUT2D eigenvalue weighted by Crippen LogP contribution is -2.05. The molecule has 0 fully saturated rings. The number of nitrogens with two attached hydrogens (primary N) is 1. The van der Waals surface area contributed by atoms with E-state index in [9.17, 15) is 0 Å². The van der Waals surface area contributed by atoms with Gasteiger partial charge in [0, 0.05) is 13.3 Å². The molecule has 0 aliphatic carbocycles. The zero-order valence-corrected chi connectivity index (χ0v) is 11.4. The summed E-state index contributed by atoms with van der Waals surface area (Å²) in [7, 11) is 1.60. The van der Waals surface area contributed by atoms with E-state index in [1.54, 1.807) is 25.4 Å². The van der Waals surface area contributed by atoms with Crippen LogP contribution >= 0.6 is 0 Å². The van der Waals surface area contributed by atoms with E-state index in [1.807, 2.05) is 30.3 Å². The molecule has 1 atom stereocenters. The second-order valence-electron chi connectivity index (χ2n) is 4.43. The minimum absolute atomic E-state index is 0.279. The summed E-state index contributed by atoms with van der Waals surface area (Å²) < 4.78 is 10.7. The molecule has 1 unspecified atom stereocenters. The first-order chi connectivity index (χ1) is 10.3. The van der Waals surface area contributed by atoms with Crippen LogP contribution in [0.1, 0.15) is 17.5 Å². The third-order valence-electron chi connectivity index (χ3n) is 3.06. The van der Waals surface area contributed by atoms with Crippen molar-refractivity contribution in [3.63, 3.8) is 0 Å². The molecule has 3 rings (SSSR count). The summed E-state index contributed by atoms with van der Waals surface area (Å²) in [6.45, 7) is 0. The second kappa shape index (κ2) is 5.72. The van der Waals surface area contributed by atoms with Crippen LogP contribution < -0.4 is 5.73 Å². The van der Waals surface area contributed by atoms with E-state index in [2.05, 4.69) is 15.1 Å². The van der Waals surface area contributed by atoms with Crippen molar-refractivity contribution in [3.8, 4) is 11.6 Å². The fraction of sp³-hybridized carbons (Fsp3) is 0.133. The Bertz CT molecular complexity index is 727. The normalized spacial score (nSPS) is 12.2. The van der Waals surface area contributed by atoms with E-state index < -0.39 is 6.10 Å². The molecule has 0 bridgehead atoms. The molecule has 6 nitrogen and oxygen atoms in total. The number of nitrogen functional groups attached to an aromatic ring is 1. The summed E-state index contributed by atoms with van der Waals surface area (Å²) in [5.74, 6) is 0.713. The van der Waals surface area contributed by atoms with Crippen molar-refractivity contribution in [2.45, 2.75) is 6.10 Å². The van der Waals surface area contributed by atoms with Gasteiger partial charge in [-0.3, -0.25) is 0 Å². The van der Waals surface area contributed by atoms with Crippen LogP contribution in [0.3, 0.4) is 0 Å². The van der Waals surface area contributed by atoms with Crippen molar-refractivity contribution in [1.29, 1.82) is 0 Å². The molecule has 1 aromatic carbocycles. The smallest absolute Gasteiger partial charge is 0.278 e. The lowest BCUT2D eigenvalue weighted by molar-refractivity contribution is 0.126. The zero-order chi connectivity index (χ0) is 14.7. The second-order valence-corrected chi connectivity index (χ2v) is 4.43. The van der Waals surface area contributed by atoms with Crippen LogP contribution in [0.5, 0.6) is 0 Å². The van der Waals surface area contributed by atoms with E-state index in [1.165, 1.54) is 0 Å². The molecule has 0 saturated heterocycles. The molecule has 0 aliphatic heterocycles. The van der Waals surface area contributed by atoms with Crippen LogP contribution in [0.2, 0.25) is 0 Å². The summed E-state index contributed by atoms with van der Waals surface area (Å²) in [6, 6.07) is 13.2. The number of aromatic nitrogens is 3. The average Bonchev–Trinajstić information content (AvgIpc) is 2.99. The van der Waals surface area contributed by atoms with Gasteiger partial charge < -0.3 is 15.0 Å². The third-order valence-corrected chi connectivity index (χ3v) is 3.06. The van der Waals surface area contributed by atoms with Crippen LogP contribution in [0.4, 0.5) is 5.69 Å². The highest BCUT2D eigenvalue weighted by atomic mass is 16.5. The summed E-state index contributed by atoms with van der Waals surface area (Å²) in [5.41, 5.74) is 7.76. The third kappa shape index (κ3) is 2.61. The number of hydrogen-bond donors (Lipinski definition) is 1. The van der Waals surface area contributed by atoms with Gasteiger partial charge in [0.15, 0.2) is 5.69 Å². The summed E-state index contributed by atoms with van der Waals surface area (Å²) in [4.78, 5) is 8.50. The molecule has 2 N–H and O–H groups in total. The van der Waals surface area contributed by atoms with Gasteiger partial charge in [0.1, 0.15) is 6.10 Å². The lowest BCUT2D eigenvalue weighted by atomic mass is 10.1. The molecular formula is C15H14N4O2. The highest BCUT2D eigenvalue weighted by Gasteiger charge is 2.21. The maximum atomic E-state index is 5.86. The Morgan fingerprint density at radius 2 is 1.95 bits per heavy atom. The number of methoxy groups -OCH3 is 1. The van der Waals surface area contributed by atoms with E-state index >= 15 is 0 Å². The minimum Gasteiger partial charge on any atom is -0.397 e. The van der Waals surface area contributed by atoms with Crippen molar-refractivity contribution >= 4 is 5.69 Å². The predicted octanol–water partition coefficient (Wildman–Crippen LogP) is 2.45. The molecule has 0 aliphatic rings. The summed E-state index contributed by atoms with van der Waals surface area (Å²) >= 11 is 0. The Morgan fingerprint density at radius 1 is 1.14 bits per heavy atom. The standard InChI is InChI=1S/C15H14N4O2/c1-20-13(10-6-3-2-4-7-10)14-18-15(21-19-14)12-11(16)8-5-9-17-12/h2-9,13H,16H2,1H3. The Kier molecular flexibility index (Phi) is 3.61. The van der Waals surface area contributed by atoms with E-state index in [-0.39, 0.29) is 5.89 Å². The molecule has 21 heavy (non-hydrogen) atoms. The van der Waals surface area contributed by atoms with Gasteiger partial charge in [-0.2, -0.15) is 4.98 Å². The van der Waals surface area contributed by atoms with Gasteiger partial charge in [-0.1, -0.05) is 35.5 Å². The van der Waals surface area contributed by atoms with Crippen molar-refractivity contribution in [1.82, 2.24) is 15.1 Å². The lowest BCUT2D eigenvalue weighted by Gasteiger charge is -2.10. The van der Waals surface area contributed by atoms with Crippen molar-refractivity contribution in [2.75, 3.05) is 12.8 Å². The first kappa shape index (κ1) is 13.3. The quantitative estimate of drug-likeness (QED) is 0.790. The van der Waals surface area contributed by atoms with Crippen LogP contribution in [0.25, 0.3) is 11.6 Å². The van der Waals surface area contributed by atoms with E-state index in [4.69, 9.17) is 15.0 Å². The average molecular weight is 282 g/mol. The van der Waals surface area contributed by atoms with Gasteiger partial charge >= 0.3 is 0 Å². The Balaban J connectivity index is 1.96. The molecule has 6 heteroatoms. The van der Waals surface area contributed by atoms with E-state index in [0.717, 1.165) is 5.56 Å². The molecule has 106 valence electrons. The molecule has 2 heterocycles. The molecule has 0 spiro atoms. The van der Waals surface area contributed by atoms with Crippen molar-refractivity contribution in [2.24, 2.45) is 0 Å². The molecule has 0 amide bonds. The maximum Gasteiger partial charge on any atom is 0.278 e. The van der Waals surface area contributed by atoms with Crippen molar-refractivity contribution < 1.29 is 9.26 Å². The number of anilines is 1. The monoisotopic (exact) mass is 282 g/mol. The number of ether oxygens (including phenoxy) is 1. The Labute approximate surface area is 121 Å². The zero-order valence-electron chi connectivity index (χ0n) is 11.4. The Hall–Kier alpha value is -2.73. The predicted molar refractivity (Wildman–Crippen MR) is 77.2 cm³/mol. The molecular weight excluding hydrogens is 268 g/mol. The largest absolute Gasteiger partial charge is 0.397 e. The first-order valence-corrected chi connectivity index (χ1v) is 6.42. The number of benzene rings is 1. The summed E-state index contributed by atoms with van der Waals surface area (Å²) in [5, 5.41) is 3.97. The van der Waals surface area contributed by atoms with Crippen molar-refractivity contribution in [3.05, 3.63) is 60.0 Å². The molecule has 0 saturated carbocycles. The number of rotatable bonds is 4. The fourth-order valence-corrected chi connectivity index (χ4v) is 2.05. The maximum absolute atomic E-state index is 5.86. The molecule has 2 aromatic heterocycles. The highest BCUT2D eigenvalue weighted by molar-refractivity contribution is 5.65. The minimum atomic E-state index is -0.395. The fourth-order valence-electron chi connectivity index (χ4n) is 2.05. The number of hydrogen-bond acceptors (Lipinski definition) is 6.